The quantitative estimate of drug-likeness (QED) is 0.785. The van der Waals surface area contributed by atoms with E-state index in [9.17, 15) is 4.79 Å². The van der Waals surface area contributed by atoms with Gasteiger partial charge in [-0.15, -0.1) is 0 Å². The first-order valence-corrected chi connectivity index (χ1v) is 6.77. The maximum absolute atomic E-state index is 12.3. The molecule has 6 nitrogen and oxygen atoms in total. The normalized spacial score (nSPS) is 12.0. The molecular weight excluding hydrogens is 270 g/mol. The molecule has 0 amide bonds. The Morgan fingerprint density at radius 1 is 1.43 bits per heavy atom. The van der Waals surface area contributed by atoms with Crippen LogP contribution in [0.25, 0.3) is 0 Å². The molecule has 112 valence electrons. The molecule has 1 aromatic heterocycles. The lowest BCUT2D eigenvalue weighted by molar-refractivity contribution is -0.144. The minimum absolute atomic E-state index is 0.239. The van der Waals surface area contributed by atoms with Gasteiger partial charge in [-0.1, -0.05) is 29.8 Å². The SMILES string of the molecule is CCOC(=O)C(c1cccc(C)c1)c1nc(N(C)C)no1. The van der Waals surface area contributed by atoms with Gasteiger partial charge in [-0.05, 0) is 24.6 Å². The van der Waals surface area contributed by atoms with Crippen molar-refractivity contribution in [2.24, 2.45) is 0 Å². The zero-order chi connectivity index (χ0) is 15.4. The second-order valence-electron chi connectivity index (χ2n) is 4.93. The molecule has 1 aromatic carbocycles. The summed E-state index contributed by atoms with van der Waals surface area (Å²) < 4.78 is 10.4. The lowest BCUT2D eigenvalue weighted by atomic mass is 9.97. The Bertz CT molecular complexity index is 622. The first-order valence-electron chi connectivity index (χ1n) is 6.77. The standard InChI is InChI=1S/C15H19N3O3/c1-5-20-14(19)12(11-8-6-7-10(2)9-11)13-16-15(17-21-13)18(3)4/h6-9,12H,5H2,1-4H3. The average Bonchev–Trinajstić information content (AvgIpc) is 2.89. The summed E-state index contributed by atoms with van der Waals surface area (Å²) >= 11 is 0. The van der Waals surface area contributed by atoms with Crippen LogP contribution in [0.15, 0.2) is 28.8 Å². The van der Waals surface area contributed by atoms with Gasteiger partial charge < -0.3 is 14.2 Å². The number of carbonyl (C=O) groups excluding carboxylic acids is 1. The molecule has 0 aliphatic carbocycles. The number of anilines is 1. The molecule has 1 unspecified atom stereocenters. The van der Waals surface area contributed by atoms with Gasteiger partial charge in [0.15, 0.2) is 5.92 Å². The minimum atomic E-state index is -0.703. The molecule has 2 aromatic rings. The lowest BCUT2D eigenvalue weighted by Crippen LogP contribution is -2.18. The minimum Gasteiger partial charge on any atom is -0.465 e. The van der Waals surface area contributed by atoms with E-state index in [1.54, 1.807) is 25.9 Å². The smallest absolute Gasteiger partial charge is 0.323 e. The van der Waals surface area contributed by atoms with Crippen molar-refractivity contribution >= 4 is 11.9 Å². The molecule has 0 radical (unpaired) electrons. The summed E-state index contributed by atoms with van der Waals surface area (Å²) in [5, 5.41) is 3.86. The molecule has 0 fully saturated rings. The number of aryl methyl sites for hydroxylation is 1. The van der Waals surface area contributed by atoms with Gasteiger partial charge in [-0.2, -0.15) is 4.98 Å². The Kier molecular flexibility index (Phi) is 4.57. The van der Waals surface area contributed by atoms with E-state index in [0.717, 1.165) is 11.1 Å². The highest BCUT2D eigenvalue weighted by molar-refractivity contribution is 5.81. The van der Waals surface area contributed by atoms with Crippen LogP contribution in [-0.2, 0) is 9.53 Å². The van der Waals surface area contributed by atoms with Crippen LogP contribution in [0.3, 0.4) is 0 Å². The number of benzene rings is 1. The molecule has 0 saturated carbocycles. The topological polar surface area (TPSA) is 68.5 Å². The Morgan fingerprint density at radius 2 is 2.19 bits per heavy atom. The van der Waals surface area contributed by atoms with Crippen molar-refractivity contribution in [1.29, 1.82) is 0 Å². The molecule has 0 N–H and O–H groups in total. The molecule has 6 heteroatoms. The molecule has 0 bridgehead atoms. The Labute approximate surface area is 123 Å². The summed E-state index contributed by atoms with van der Waals surface area (Å²) in [5.74, 6) is -0.433. The summed E-state index contributed by atoms with van der Waals surface area (Å²) in [4.78, 5) is 18.3. The zero-order valence-corrected chi connectivity index (χ0v) is 12.7. The van der Waals surface area contributed by atoms with Crippen LogP contribution in [0.2, 0.25) is 0 Å². The maximum atomic E-state index is 12.3. The maximum Gasteiger partial charge on any atom is 0.323 e. The molecule has 2 rings (SSSR count). The third-order valence-electron chi connectivity index (χ3n) is 2.98. The summed E-state index contributed by atoms with van der Waals surface area (Å²) in [6.07, 6.45) is 0. The van der Waals surface area contributed by atoms with E-state index in [0.29, 0.717) is 12.6 Å². The highest BCUT2D eigenvalue weighted by Gasteiger charge is 2.30. The van der Waals surface area contributed by atoms with Crippen molar-refractivity contribution in [3.63, 3.8) is 0 Å². The predicted molar refractivity (Wildman–Crippen MR) is 78.3 cm³/mol. The van der Waals surface area contributed by atoms with Crippen molar-refractivity contribution in [3.05, 3.63) is 41.3 Å². The summed E-state index contributed by atoms with van der Waals surface area (Å²) in [7, 11) is 3.61. The number of aromatic nitrogens is 2. The number of hydrogen-bond donors (Lipinski definition) is 0. The number of ether oxygens (including phenoxy) is 1. The van der Waals surface area contributed by atoms with E-state index < -0.39 is 11.9 Å². The second kappa shape index (κ2) is 6.39. The van der Waals surface area contributed by atoms with Crippen LogP contribution in [0, 0.1) is 6.92 Å². The van der Waals surface area contributed by atoms with Gasteiger partial charge in [-0.25, -0.2) is 0 Å². The van der Waals surface area contributed by atoms with Crippen molar-refractivity contribution in [2.75, 3.05) is 25.6 Å². The van der Waals surface area contributed by atoms with Gasteiger partial charge in [-0.3, -0.25) is 4.79 Å². The van der Waals surface area contributed by atoms with E-state index in [1.807, 2.05) is 31.2 Å². The van der Waals surface area contributed by atoms with Gasteiger partial charge in [0.1, 0.15) is 0 Å². The second-order valence-corrected chi connectivity index (χ2v) is 4.93. The fraction of sp³-hybridized carbons (Fsp3) is 0.400. The van der Waals surface area contributed by atoms with Crippen molar-refractivity contribution in [1.82, 2.24) is 10.1 Å². The zero-order valence-electron chi connectivity index (χ0n) is 12.7. The van der Waals surface area contributed by atoms with Crippen LogP contribution in [0.1, 0.15) is 29.9 Å². The number of esters is 1. The lowest BCUT2D eigenvalue weighted by Gasteiger charge is -2.12. The molecule has 1 heterocycles. The van der Waals surface area contributed by atoms with Crippen LogP contribution >= 0.6 is 0 Å². The largest absolute Gasteiger partial charge is 0.465 e. The van der Waals surface area contributed by atoms with Crippen molar-refractivity contribution in [3.8, 4) is 0 Å². The van der Waals surface area contributed by atoms with Crippen LogP contribution in [-0.4, -0.2) is 36.8 Å². The Balaban J connectivity index is 2.42. The fourth-order valence-electron chi connectivity index (χ4n) is 1.98. The number of rotatable bonds is 5. The summed E-state index contributed by atoms with van der Waals surface area (Å²) in [5.41, 5.74) is 1.83. The third-order valence-corrected chi connectivity index (χ3v) is 2.98. The summed E-state index contributed by atoms with van der Waals surface area (Å²) in [6.45, 7) is 4.03. The monoisotopic (exact) mass is 289 g/mol. The molecule has 21 heavy (non-hydrogen) atoms. The van der Waals surface area contributed by atoms with E-state index in [1.165, 1.54) is 0 Å². The summed E-state index contributed by atoms with van der Waals surface area (Å²) in [6, 6.07) is 7.63. The molecule has 1 atom stereocenters. The van der Waals surface area contributed by atoms with Gasteiger partial charge in [0.25, 0.3) is 5.95 Å². The number of carbonyl (C=O) groups is 1. The van der Waals surface area contributed by atoms with Gasteiger partial charge in [0.05, 0.1) is 6.61 Å². The molecule has 0 spiro atoms. The van der Waals surface area contributed by atoms with Crippen molar-refractivity contribution in [2.45, 2.75) is 19.8 Å². The van der Waals surface area contributed by atoms with E-state index in [-0.39, 0.29) is 5.89 Å². The highest BCUT2D eigenvalue weighted by atomic mass is 16.5. The van der Waals surface area contributed by atoms with Crippen molar-refractivity contribution < 1.29 is 14.1 Å². The number of hydrogen-bond acceptors (Lipinski definition) is 6. The van der Waals surface area contributed by atoms with Gasteiger partial charge in [0.2, 0.25) is 5.89 Å². The van der Waals surface area contributed by atoms with Crippen LogP contribution < -0.4 is 4.90 Å². The first-order chi connectivity index (χ1) is 10.0. The van der Waals surface area contributed by atoms with E-state index in [4.69, 9.17) is 9.26 Å². The molecule has 0 saturated heterocycles. The molecular formula is C15H19N3O3. The number of nitrogens with zero attached hydrogens (tertiary/aromatic N) is 3. The van der Waals surface area contributed by atoms with Crippen LogP contribution in [0.4, 0.5) is 5.95 Å². The molecule has 0 aliphatic rings. The predicted octanol–water partition coefficient (Wildman–Crippen LogP) is 2.14. The van der Waals surface area contributed by atoms with Gasteiger partial charge >= 0.3 is 5.97 Å². The Hall–Kier alpha value is -2.37. The van der Waals surface area contributed by atoms with Crippen LogP contribution in [0.5, 0.6) is 0 Å². The fourth-order valence-corrected chi connectivity index (χ4v) is 1.98. The van der Waals surface area contributed by atoms with E-state index >= 15 is 0 Å². The highest BCUT2D eigenvalue weighted by Crippen LogP contribution is 2.26. The average molecular weight is 289 g/mol. The third kappa shape index (κ3) is 3.39. The molecule has 0 aliphatic heterocycles. The Morgan fingerprint density at radius 3 is 2.76 bits per heavy atom. The van der Waals surface area contributed by atoms with E-state index in [2.05, 4.69) is 10.1 Å². The van der Waals surface area contributed by atoms with Gasteiger partial charge in [0, 0.05) is 14.1 Å². The first kappa shape index (κ1) is 15.0.